The molecule has 0 spiro atoms. The van der Waals surface area contributed by atoms with Gasteiger partial charge in [-0.15, -0.1) is 6.58 Å². The summed E-state index contributed by atoms with van der Waals surface area (Å²) in [6.07, 6.45) is 6.04. The second-order valence-corrected chi connectivity index (χ2v) is 9.93. The monoisotopic (exact) mass is 462 g/mol. The van der Waals surface area contributed by atoms with Crippen molar-refractivity contribution in [3.8, 4) is 17.2 Å². The third-order valence-corrected chi connectivity index (χ3v) is 8.28. The summed E-state index contributed by atoms with van der Waals surface area (Å²) in [5.74, 6) is 3.45. The molecule has 4 aliphatic rings. The van der Waals surface area contributed by atoms with Gasteiger partial charge in [0.2, 0.25) is 0 Å². The highest BCUT2D eigenvalue weighted by Crippen LogP contribution is 2.57. The molecular formula is C26H27N2O4P. The zero-order valence-corrected chi connectivity index (χ0v) is 19.5. The van der Waals surface area contributed by atoms with Gasteiger partial charge in [-0.25, -0.2) is 0 Å². The molecule has 2 aromatic carbocycles. The number of para-hydroxylation sites is 2. The van der Waals surface area contributed by atoms with E-state index in [0.29, 0.717) is 11.8 Å². The van der Waals surface area contributed by atoms with Crippen LogP contribution in [0, 0.1) is 11.8 Å². The summed E-state index contributed by atoms with van der Waals surface area (Å²) in [6.45, 7) is 6.17. The van der Waals surface area contributed by atoms with Crippen LogP contribution in [-0.4, -0.2) is 36.1 Å². The zero-order valence-electron chi connectivity index (χ0n) is 18.6. The van der Waals surface area contributed by atoms with Crippen LogP contribution in [0.1, 0.15) is 24.5 Å². The number of ether oxygens (including phenoxy) is 1. The van der Waals surface area contributed by atoms with Crippen molar-refractivity contribution in [2.45, 2.75) is 25.0 Å². The van der Waals surface area contributed by atoms with Crippen LogP contribution >= 0.6 is 8.60 Å². The molecule has 1 aromatic heterocycles. The number of aromatic nitrogens is 1. The molecule has 0 aliphatic carbocycles. The smallest absolute Gasteiger partial charge is 0.464 e. The second kappa shape index (κ2) is 8.60. The summed E-state index contributed by atoms with van der Waals surface area (Å²) in [5, 5.41) is 1.04. The molecule has 170 valence electrons. The van der Waals surface area contributed by atoms with Gasteiger partial charge in [0.1, 0.15) is 11.9 Å². The third-order valence-electron chi connectivity index (χ3n) is 7.19. The minimum absolute atomic E-state index is 0.211. The SMILES string of the molecule is C=C[C@H]1CN2CC[C@H]1C[C@@H]2[C@@H](OP1Oc2ccccc2O1)c1ccnc2ccc(OC)cc12. The van der Waals surface area contributed by atoms with Crippen LogP contribution in [-0.2, 0) is 4.52 Å². The molecule has 4 aliphatic heterocycles. The summed E-state index contributed by atoms with van der Waals surface area (Å²) in [4.78, 5) is 7.14. The lowest BCUT2D eigenvalue weighted by atomic mass is 9.73. The summed E-state index contributed by atoms with van der Waals surface area (Å²) in [6, 6.07) is 16.0. The van der Waals surface area contributed by atoms with Gasteiger partial charge >= 0.3 is 8.60 Å². The highest BCUT2D eigenvalue weighted by Gasteiger charge is 2.45. The first kappa shape index (κ1) is 20.9. The van der Waals surface area contributed by atoms with Crippen molar-refractivity contribution in [3.63, 3.8) is 0 Å². The molecule has 0 radical (unpaired) electrons. The van der Waals surface area contributed by atoms with Gasteiger partial charge in [-0.1, -0.05) is 18.2 Å². The molecule has 3 fully saturated rings. The zero-order chi connectivity index (χ0) is 22.4. The lowest BCUT2D eigenvalue weighted by Gasteiger charge is -2.51. The van der Waals surface area contributed by atoms with E-state index in [1.54, 1.807) is 7.11 Å². The summed E-state index contributed by atoms with van der Waals surface area (Å²) in [5.41, 5.74) is 2.02. The molecule has 0 N–H and O–H groups in total. The van der Waals surface area contributed by atoms with Gasteiger partial charge in [0, 0.05) is 24.2 Å². The lowest BCUT2D eigenvalue weighted by Crippen LogP contribution is -2.55. The lowest BCUT2D eigenvalue weighted by molar-refractivity contribution is -0.0368. The van der Waals surface area contributed by atoms with Gasteiger partial charge in [-0.3, -0.25) is 14.4 Å². The quantitative estimate of drug-likeness (QED) is 0.336. The molecule has 33 heavy (non-hydrogen) atoms. The van der Waals surface area contributed by atoms with Crippen LogP contribution in [0.2, 0.25) is 0 Å². The Labute approximate surface area is 195 Å². The van der Waals surface area contributed by atoms with Crippen molar-refractivity contribution in [2.24, 2.45) is 11.8 Å². The minimum Gasteiger partial charge on any atom is -0.497 e. The van der Waals surface area contributed by atoms with Crippen molar-refractivity contribution in [1.29, 1.82) is 0 Å². The molecule has 7 heteroatoms. The summed E-state index contributed by atoms with van der Waals surface area (Å²) >= 11 is 0. The Kier molecular flexibility index (Phi) is 5.45. The van der Waals surface area contributed by atoms with Crippen LogP contribution in [0.4, 0.5) is 0 Å². The maximum absolute atomic E-state index is 6.71. The molecule has 0 amide bonds. The number of hydrogen-bond donors (Lipinski definition) is 0. The van der Waals surface area contributed by atoms with E-state index in [4.69, 9.17) is 18.3 Å². The van der Waals surface area contributed by atoms with Crippen LogP contribution < -0.4 is 13.8 Å². The molecule has 1 unspecified atom stereocenters. The second-order valence-electron chi connectivity index (χ2n) is 8.91. The topological polar surface area (TPSA) is 53.1 Å². The van der Waals surface area contributed by atoms with E-state index >= 15 is 0 Å². The summed E-state index contributed by atoms with van der Waals surface area (Å²) < 4.78 is 24.4. The number of methoxy groups -OCH3 is 1. The van der Waals surface area contributed by atoms with Gasteiger partial charge in [-0.2, -0.15) is 0 Å². The van der Waals surface area contributed by atoms with E-state index < -0.39 is 8.60 Å². The predicted octanol–water partition coefficient (Wildman–Crippen LogP) is 5.90. The standard InChI is InChI=1S/C26H27N2O4P/c1-3-17-16-28-13-11-18(17)14-23(28)26(32-33-30-24-6-4-5-7-25(24)31-33)20-10-12-27-22-9-8-19(29-2)15-21(20)22/h3-10,12,15,17-18,23,26H,1,11,13-14,16H2,2H3/t17-,18-,23+,26-/m0/s1. The van der Waals surface area contributed by atoms with E-state index in [9.17, 15) is 0 Å². The molecule has 3 aromatic rings. The first-order valence-electron chi connectivity index (χ1n) is 11.4. The van der Waals surface area contributed by atoms with E-state index in [2.05, 4.69) is 34.7 Å². The largest absolute Gasteiger partial charge is 0.497 e. The number of nitrogens with zero attached hydrogens (tertiary/aromatic N) is 2. The number of rotatable bonds is 6. The van der Waals surface area contributed by atoms with Crippen molar-refractivity contribution in [2.75, 3.05) is 20.2 Å². The Morgan fingerprint density at radius 1 is 1.18 bits per heavy atom. The van der Waals surface area contributed by atoms with Gasteiger partial charge in [0.15, 0.2) is 11.5 Å². The molecule has 2 bridgehead atoms. The molecule has 5 atom stereocenters. The van der Waals surface area contributed by atoms with Crippen LogP contribution in [0.15, 0.2) is 67.4 Å². The van der Waals surface area contributed by atoms with Gasteiger partial charge in [0.05, 0.1) is 12.6 Å². The van der Waals surface area contributed by atoms with Gasteiger partial charge in [0.25, 0.3) is 0 Å². The predicted molar refractivity (Wildman–Crippen MR) is 129 cm³/mol. The number of pyridine rings is 1. The van der Waals surface area contributed by atoms with Crippen molar-refractivity contribution >= 4 is 19.5 Å². The van der Waals surface area contributed by atoms with E-state index in [1.807, 2.05) is 42.6 Å². The number of piperidine rings is 3. The summed E-state index contributed by atoms with van der Waals surface area (Å²) in [7, 11) is 0.139. The Hall–Kier alpha value is -2.66. The highest BCUT2D eigenvalue weighted by atomic mass is 31.2. The van der Waals surface area contributed by atoms with Crippen LogP contribution in [0.25, 0.3) is 10.9 Å². The van der Waals surface area contributed by atoms with Crippen molar-refractivity contribution < 1.29 is 18.3 Å². The van der Waals surface area contributed by atoms with Gasteiger partial charge < -0.3 is 13.8 Å². The Morgan fingerprint density at radius 3 is 2.70 bits per heavy atom. The van der Waals surface area contributed by atoms with Crippen molar-refractivity contribution in [3.05, 3.63) is 72.9 Å². The van der Waals surface area contributed by atoms with Crippen molar-refractivity contribution in [1.82, 2.24) is 9.88 Å². The van der Waals surface area contributed by atoms with E-state index in [-0.39, 0.29) is 12.1 Å². The van der Waals surface area contributed by atoms with Gasteiger partial charge in [-0.05, 0) is 73.2 Å². The Morgan fingerprint density at radius 2 is 2.00 bits per heavy atom. The maximum Gasteiger partial charge on any atom is 0.464 e. The Bertz CT molecular complexity index is 1160. The average molecular weight is 462 g/mol. The van der Waals surface area contributed by atoms with Crippen LogP contribution in [0.5, 0.6) is 17.2 Å². The highest BCUT2D eigenvalue weighted by molar-refractivity contribution is 7.43. The maximum atomic E-state index is 6.71. The third kappa shape index (κ3) is 3.76. The number of fused-ring (bicyclic) bond motifs is 5. The molecule has 7 rings (SSSR count). The van der Waals surface area contributed by atoms with E-state index in [1.165, 1.54) is 6.42 Å². The normalized spacial score (nSPS) is 26.9. The molecular weight excluding hydrogens is 435 g/mol. The molecule has 6 nitrogen and oxygen atoms in total. The number of benzene rings is 2. The van der Waals surface area contributed by atoms with E-state index in [0.717, 1.165) is 53.2 Å². The van der Waals surface area contributed by atoms with Crippen LogP contribution in [0.3, 0.4) is 0 Å². The first-order chi connectivity index (χ1) is 16.2. The average Bonchev–Trinajstić information content (AvgIpc) is 3.29. The molecule has 5 heterocycles. The fraction of sp³-hybridized carbons (Fsp3) is 0.346. The fourth-order valence-electron chi connectivity index (χ4n) is 5.46. The molecule has 3 saturated heterocycles. The Balaban J connectivity index is 1.39. The fourth-order valence-corrected chi connectivity index (χ4v) is 6.65. The molecule has 0 saturated carbocycles. The first-order valence-corrected chi connectivity index (χ1v) is 12.5. The number of hydrogen-bond acceptors (Lipinski definition) is 6. The minimum atomic E-state index is -1.55.